The number of nitrogens with zero attached hydrogens (tertiary/aromatic N) is 1. The molecular weight excluding hydrogens is 403 g/mol. The minimum Gasteiger partial charge on any atom is -0.494 e. The second kappa shape index (κ2) is 8.15. The average molecular weight is 418 g/mol. The molecule has 0 saturated carbocycles. The maximum atomic E-state index is 13.4. The highest BCUT2D eigenvalue weighted by molar-refractivity contribution is 7.92. The van der Waals surface area contributed by atoms with E-state index in [4.69, 9.17) is 9.47 Å². The first-order chi connectivity index (χ1) is 13.8. The minimum atomic E-state index is -4.12. The second-order valence-electron chi connectivity index (χ2n) is 5.75. The van der Waals surface area contributed by atoms with Crippen molar-refractivity contribution < 1.29 is 27.2 Å². The maximum absolute atomic E-state index is 13.4. The van der Waals surface area contributed by atoms with E-state index < -0.39 is 20.8 Å². The van der Waals surface area contributed by atoms with Crippen LogP contribution in [0.2, 0.25) is 0 Å². The van der Waals surface area contributed by atoms with Crippen molar-refractivity contribution in [2.75, 3.05) is 11.8 Å². The van der Waals surface area contributed by atoms with Gasteiger partial charge in [0.25, 0.3) is 15.7 Å². The molecule has 0 aliphatic carbocycles. The van der Waals surface area contributed by atoms with Gasteiger partial charge in [0, 0.05) is 18.2 Å². The molecule has 29 heavy (non-hydrogen) atoms. The number of hydrogen-bond acceptors (Lipinski definition) is 6. The van der Waals surface area contributed by atoms with Crippen molar-refractivity contribution in [3.05, 3.63) is 82.7 Å². The fourth-order valence-electron chi connectivity index (χ4n) is 2.47. The summed E-state index contributed by atoms with van der Waals surface area (Å²) in [5.74, 6) is -0.332. The predicted molar refractivity (Wildman–Crippen MR) is 103 cm³/mol. The number of sulfonamides is 1. The van der Waals surface area contributed by atoms with E-state index >= 15 is 0 Å². The van der Waals surface area contributed by atoms with Gasteiger partial charge in [-0.1, -0.05) is 12.1 Å². The van der Waals surface area contributed by atoms with Crippen molar-refractivity contribution in [1.29, 1.82) is 0 Å². The molecule has 1 N–H and O–H groups in total. The van der Waals surface area contributed by atoms with Crippen molar-refractivity contribution in [2.24, 2.45) is 0 Å². The van der Waals surface area contributed by atoms with E-state index in [1.807, 2.05) is 0 Å². The summed E-state index contributed by atoms with van der Waals surface area (Å²) < 4.78 is 52.1. The molecule has 0 atom stereocenters. The highest BCUT2D eigenvalue weighted by atomic mass is 32.2. The van der Waals surface area contributed by atoms with Gasteiger partial charge in [-0.15, -0.1) is 0 Å². The Bertz CT molecular complexity index is 1150. The van der Waals surface area contributed by atoms with Gasteiger partial charge in [0.1, 0.15) is 28.0 Å². The number of nitro benzene ring substituents is 1. The third kappa shape index (κ3) is 4.61. The van der Waals surface area contributed by atoms with Crippen LogP contribution < -0.4 is 14.2 Å². The van der Waals surface area contributed by atoms with Gasteiger partial charge in [0.05, 0.1) is 17.7 Å². The number of benzene rings is 3. The zero-order valence-electron chi connectivity index (χ0n) is 15.0. The van der Waals surface area contributed by atoms with Gasteiger partial charge in [-0.05, 0) is 36.4 Å². The Kier molecular flexibility index (Phi) is 5.64. The van der Waals surface area contributed by atoms with Gasteiger partial charge in [0.2, 0.25) is 0 Å². The van der Waals surface area contributed by atoms with E-state index in [2.05, 4.69) is 4.72 Å². The molecule has 0 bridgehead atoms. The molecule has 0 aliphatic rings. The maximum Gasteiger partial charge on any atom is 0.269 e. The number of halogens is 1. The zero-order chi connectivity index (χ0) is 21.0. The Morgan fingerprint density at radius 3 is 2.34 bits per heavy atom. The summed E-state index contributed by atoms with van der Waals surface area (Å²) in [6.45, 7) is 0. The highest BCUT2D eigenvalue weighted by Gasteiger charge is 2.22. The van der Waals surface area contributed by atoms with Crippen molar-refractivity contribution in [3.8, 4) is 17.2 Å². The fraction of sp³-hybridized carbons (Fsp3) is 0.0526. The van der Waals surface area contributed by atoms with E-state index in [9.17, 15) is 22.9 Å². The van der Waals surface area contributed by atoms with Crippen LogP contribution in [0.1, 0.15) is 0 Å². The molecule has 0 amide bonds. The number of nitro groups is 1. The Hall–Kier alpha value is -3.66. The molecule has 0 aliphatic heterocycles. The average Bonchev–Trinajstić information content (AvgIpc) is 2.70. The van der Waals surface area contributed by atoms with Crippen molar-refractivity contribution in [3.63, 3.8) is 0 Å². The molecule has 0 unspecified atom stereocenters. The van der Waals surface area contributed by atoms with Crippen LogP contribution in [0.4, 0.5) is 15.8 Å². The number of rotatable bonds is 7. The molecule has 0 aromatic heterocycles. The summed E-state index contributed by atoms with van der Waals surface area (Å²) in [6.07, 6.45) is 0. The Balaban J connectivity index is 1.92. The summed E-state index contributed by atoms with van der Waals surface area (Å²) in [5, 5.41) is 10.7. The molecule has 3 rings (SSSR count). The van der Waals surface area contributed by atoms with Gasteiger partial charge in [-0.2, -0.15) is 0 Å². The van der Waals surface area contributed by atoms with Gasteiger partial charge < -0.3 is 9.47 Å². The molecule has 0 radical (unpaired) electrons. The van der Waals surface area contributed by atoms with E-state index in [1.54, 1.807) is 6.07 Å². The van der Waals surface area contributed by atoms with Crippen molar-refractivity contribution in [2.45, 2.75) is 4.90 Å². The van der Waals surface area contributed by atoms with Gasteiger partial charge in [0.15, 0.2) is 0 Å². The summed E-state index contributed by atoms with van der Waals surface area (Å²) in [5.41, 5.74) is -0.0673. The monoisotopic (exact) mass is 418 g/mol. The third-order valence-corrected chi connectivity index (χ3v) is 5.23. The summed E-state index contributed by atoms with van der Waals surface area (Å²) in [6, 6.07) is 14.5. The molecule has 0 saturated heterocycles. The Morgan fingerprint density at radius 1 is 1.00 bits per heavy atom. The van der Waals surface area contributed by atoms with Crippen LogP contribution in [-0.2, 0) is 10.0 Å². The van der Waals surface area contributed by atoms with Crippen LogP contribution in [0, 0.1) is 15.9 Å². The molecule has 8 nitrogen and oxygen atoms in total. The Morgan fingerprint density at radius 2 is 1.69 bits per heavy atom. The van der Waals surface area contributed by atoms with Gasteiger partial charge in [-0.3, -0.25) is 14.8 Å². The van der Waals surface area contributed by atoms with Crippen LogP contribution in [-0.4, -0.2) is 20.5 Å². The quantitative estimate of drug-likeness (QED) is 0.452. The summed E-state index contributed by atoms with van der Waals surface area (Å²) in [4.78, 5) is 10.0. The first-order valence-corrected chi connectivity index (χ1v) is 9.66. The van der Waals surface area contributed by atoms with Crippen LogP contribution in [0.5, 0.6) is 17.2 Å². The number of non-ortho nitro benzene ring substituents is 1. The standard InChI is InChI=1S/C19H15FN2O6S/c1-27-18-12-13(20)6-11-16(18)21-29(25,26)19-5-3-2-4-17(19)28-15-9-7-14(8-10-15)22(23)24/h2-12,21H,1H3. The van der Waals surface area contributed by atoms with Crippen molar-refractivity contribution >= 4 is 21.4 Å². The number of anilines is 1. The summed E-state index contributed by atoms with van der Waals surface area (Å²) >= 11 is 0. The van der Waals surface area contributed by atoms with E-state index in [0.717, 1.165) is 12.1 Å². The Labute approximate surface area is 165 Å². The topological polar surface area (TPSA) is 108 Å². The normalized spacial score (nSPS) is 11.0. The van der Waals surface area contributed by atoms with Gasteiger partial charge in [-0.25, -0.2) is 12.8 Å². The molecule has 150 valence electrons. The molecule has 0 fully saturated rings. The largest absolute Gasteiger partial charge is 0.494 e. The van der Waals surface area contributed by atoms with Crippen LogP contribution >= 0.6 is 0 Å². The summed E-state index contributed by atoms with van der Waals surface area (Å²) in [7, 11) is -2.83. The predicted octanol–water partition coefficient (Wildman–Crippen LogP) is 4.34. The highest BCUT2D eigenvalue weighted by Crippen LogP contribution is 2.33. The number of nitrogens with one attached hydrogen (secondary N) is 1. The van der Waals surface area contributed by atoms with Crippen LogP contribution in [0.3, 0.4) is 0 Å². The fourth-order valence-corrected chi connectivity index (χ4v) is 3.67. The lowest BCUT2D eigenvalue weighted by molar-refractivity contribution is -0.384. The van der Waals surface area contributed by atoms with E-state index in [0.29, 0.717) is 0 Å². The number of ether oxygens (including phenoxy) is 2. The van der Waals surface area contributed by atoms with Crippen molar-refractivity contribution in [1.82, 2.24) is 0 Å². The SMILES string of the molecule is COc1cc(F)ccc1NS(=O)(=O)c1ccccc1Oc1ccc([N+](=O)[O-])cc1. The smallest absolute Gasteiger partial charge is 0.269 e. The second-order valence-corrected chi connectivity index (χ2v) is 7.40. The zero-order valence-corrected chi connectivity index (χ0v) is 15.9. The first-order valence-electron chi connectivity index (χ1n) is 8.18. The molecule has 0 heterocycles. The number of para-hydroxylation sites is 1. The first kappa shape index (κ1) is 20.1. The van der Waals surface area contributed by atoms with Crippen LogP contribution in [0.15, 0.2) is 71.6 Å². The molecule has 0 spiro atoms. The van der Waals surface area contributed by atoms with Crippen LogP contribution in [0.25, 0.3) is 0 Å². The van der Waals surface area contributed by atoms with Gasteiger partial charge >= 0.3 is 0 Å². The third-order valence-electron chi connectivity index (χ3n) is 3.82. The molecule has 3 aromatic carbocycles. The van der Waals surface area contributed by atoms with E-state index in [-0.39, 0.29) is 33.5 Å². The lowest BCUT2D eigenvalue weighted by Gasteiger charge is -2.15. The molecule has 3 aromatic rings. The molecular formula is C19H15FN2O6S. The number of methoxy groups -OCH3 is 1. The molecule has 10 heteroatoms. The number of hydrogen-bond donors (Lipinski definition) is 1. The lowest BCUT2D eigenvalue weighted by atomic mass is 10.3. The van der Waals surface area contributed by atoms with E-state index in [1.165, 1.54) is 55.6 Å². The lowest BCUT2D eigenvalue weighted by Crippen LogP contribution is -2.14. The minimum absolute atomic E-state index is 0.00920.